The maximum Gasteiger partial charge on any atom is 0.303 e. The number of para-hydroxylation sites is 2. The van der Waals surface area contributed by atoms with Gasteiger partial charge < -0.3 is 10.8 Å². The molecule has 0 saturated heterocycles. The van der Waals surface area contributed by atoms with Crippen LogP contribution in [-0.4, -0.2) is 25.2 Å². The first kappa shape index (κ1) is 13.3. The zero-order valence-corrected chi connectivity index (χ0v) is 9.90. The van der Waals surface area contributed by atoms with E-state index >= 15 is 0 Å². The van der Waals surface area contributed by atoms with E-state index in [9.17, 15) is 13.2 Å². The summed E-state index contributed by atoms with van der Waals surface area (Å²) in [6.07, 6.45) is -0.109. The van der Waals surface area contributed by atoms with Crippen LogP contribution >= 0.6 is 0 Å². The summed E-state index contributed by atoms with van der Waals surface area (Å²) in [5.74, 6) is -1.26. The maximum atomic E-state index is 11.6. The standard InChI is InChI=1S/C10H14N2O4S/c11-8-4-1-2-5-9(8)12-17(15,16)7-3-6-10(13)14/h1-2,4-5,12H,3,6-7,11H2,(H,13,14). The lowest BCUT2D eigenvalue weighted by Gasteiger charge is -2.09. The third-order valence-electron chi connectivity index (χ3n) is 2.03. The molecule has 0 bridgehead atoms. The van der Waals surface area contributed by atoms with Crippen LogP contribution in [0.4, 0.5) is 11.4 Å². The normalized spacial score (nSPS) is 11.1. The van der Waals surface area contributed by atoms with Crippen LogP contribution in [0.5, 0.6) is 0 Å². The van der Waals surface area contributed by atoms with Crippen LogP contribution in [0.1, 0.15) is 12.8 Å². The molecule has 0 spiro atoms. The monoisotopic (exact) mass is 258 g/mol. The highest BCUT2D eigenvalue weighted by Crippen LogP contribution is 2.18. The molecule has 17 heavy (non-hydrogen) atoms. The summed E-state index contributed by atoms with van der Waals surface area (Å²) in [6, 6.07) is 6.47. The topological polar surface area (TPSA) is 109 Å². The van der Waals surface area contributed by atoms with Gasteiger partial charge in [-0.15, -0.1) is 0 Å². The molecule has 1 aromatic carbocycles. The highest BCUT2D eigenvalue weighted by atomic mass is 32.2. The molecule has 0 saturated carbocycles. The molecule has 0 radical (unpaired) electrons. The Morgan fingerprint density at radius 3 is 2.59 bits per heavy atom. The Morgan fingerprint density at radius 1 is 1.35 bits per heavy atom. The van der Waals surface area contributed by atoms with Crippen molar-refractivity contribution in [3.05, 3.63) is 24.3 Å². The van der Waals surface area contributed by atoms with Crippen LogP contribution in [0, 0.1) is 0 Å². The highest BCUT2D eigenvalue weighted by Gasteiger charge is 2.12. The first-order valence-corrected chi connectivity index (χ1v) is 6.63. The fourth-order valence-electron chi connectivity index (χ4n) is 1.22. The van der Waals surface area contributed by atoms with E-state index in [1.54, 1.807) is 24.3 Å². The third kappa shape index (κ3) is 4.73. The molecule has 0 aromatic heterocycles. The molecule has 0 amide bonds. The largest absolute Gasteiger partial charge is 0.481 e. The minimum absolute atomic E-state index is 0.0669. The van der Waals surface area contributed by atoms with Crippen LogP contribution in [-0.2, 0) is 14.8 Å². The van der Waals surface area contributed by atoms with E-state index in [0.717, 1.165) is 0 Å². The van der Waals surface area contributed by atoms with Gasteiger partial charge in [0.1, 0.15) is 0 Å². The Bertz CT molecular complexity index is 499. The van der Waals surface area contributed by atoms with E-state index in [4.69, 9.17) is 10.8 Å². The number of sulfonamides is 1. The van der Waals surface area contributed by atoms with Crippen molar-refractivity contribution in [3.63, 3.8) is 0 Å². The Balaban J connectivity index is 2.61. The molecule has 7 heteroatoms. The van der Waals surface area contributed by atoms with E-state index in [-0.39, 0.29) is 18.6 Å². The van der Waals surface area contributed by atoms with Crippen molar-refractivity contribution in [3.8, 4) is 0 Å². The molecule has 0 aliphatic carbocycles. The quantitative estimate of drug-likeness (QED) is 0.656. The molecule has 1 rings (SSSR count). The molecule has 4 N–H and O–H groups in total. The van der Waals surface area contributed by atoms with Gasteiger partial charge in [-0.05, 0) is 18.6 Å². The summed E-state index contributed by atoms with van der Waals surface area (Å²) < 4.78 is 25.5. The number of hydrogen-bond acceptors (Lipinski definition) is 4. The number of hydrogen-bond donors (Lipinski definition) is 3. The number of aliphatic carboxylic acids is 1. The number of carbonyl (C=O) groups is 1. The molecule has 0 atom stereocenters. The molecule has 1 aromatic rings. The highest BCUT2D eigenvalue weighted by molar-refractivity contribution is 7.92. The molecule has 0 aliphatic rings. The van der Waals surface area contributed by atoms with Gasteiger partial charge in [0.25, 0.3) is 0 Å². The maximum absolute atomic E-state index is 11.6. The van der Waals surface area contributed by atoms with Gasteiger partial charge in [0.2, 0.25) is 10.0 Å². The molecular weight excluding hydrogens is 244 g/mol. The fourth-order valence-corrected chi connectivity index (χ4v) is 2.37. The number of nitrogens with one attached hydrogen (secondary N) is 1. The lowest BCUT2D eigenvalue weighted by molar-refractivity contribution is -0.137. The number of carboxylic acids is 1. The molecule has 94 valence electrons. The summed E-state index contributed by atoms with van der Waals surface area (Å²) in [5, 5.41) is 8.41. The lowest BCUT2D eigenvalue weighted by Crippen LogP contribution is -2.18. The Hall–Kier alpha value is -1.76. The summed E-state index contributed by atoms with van der Waals surface area (Å²) in [5.41, 5.74) is 6.22. The fraction of sp³-hybridized carbons (Fsp3) is 0.300. The second-order valence-corrected chi connectivity index (χ2v) is 5.35. The number of rotatable bonds is 6. The van der Waals surface area contributed by atoms with E-state index in [1.165, 1.54) is 0 Å². The Morgan fingerprint density at radius 2 is 2.00 bits per heavy atom. The van der Waals surface area contributed by atoms with Crippen molar-refractivity contribution in [1.29, 1.82) is 0 Å². The molecular formula is C10H14N2O4S. The van der Waals surface area contributed by atoms with Crippen LogP contribution in [0.25, 0.3) is 0 Å². The van der Waals surface area contributed by atoms with Gasteiger partial charge in [-0.3, -0.25) is 9.52 Å². The van der Waals surface area contributed by atoms with Gasteiger partial charge in [-0.25, -0.2) is 8.42 Å². The van der Waals surface area contributed by atoms with Crippen LogP contribution in [0.15, 0.2) is 24.3 Å². The van der Waals surface area contributed by atoms with Crippen LogP contribution < -0.4 is 10.5 Å². The van der Waals surface area contributed by atoms with E-state index in [1.807, 2.05) is 0 Å². The average Bonchev–Trinajstić information content (AvgIpc) is 2.20. The minimum atomic E-state index is -3.55. The zero-order chi connectivity index (χ0) is 12.9. The molecule has 0 heterocycles. The first-order chi connectivity index (χ1) is 7.91. The second kappa shape index (κ2) is 5.53. The van der Waals surface area contributed by atoms with Crippen molar-refractivity contribution in [2.24, 2.45) is 0 Å². The van der Waals surface area contributed by atoms with Crippen LogP contribution in [0.3, 0.4) is 0 Å². The number of benzene rings is 1. The summed E-state index contributed by atoms with van der Waals surface area (Å²) in [6.45, 7) is 0. The minimum Gasteiger partial charge on any atom is -0.481 e. The first-order valence-electron chi connectivity index (χ1n) is 4.97. The Kier molecular flexibility index (Phi) is 4.33. The number of nitrogen functional groups attached to an aromatic ring is 1. The van der Waals surface area contributed by atoms with Gasteiger partial charge in [0.05, 0.1) is 17.1 Å². The van der Waals surface area contributed by atoms with Gasteiger partial charge >= 0.3 is 5.97 Å². The lowest BCUT2D eigenvalue weighted by atomic mass is 10.3. The molecule has 6 nitrogen and oxygen atoms in total. The summed E-state index contributed by atoms with van der Waals surface area (Å²) in [4.78, 5) is 10.3. The van der Waals surface area contributed by atoms with Crippen molar-refractivity contribution in [1.82, 2.24) is 0 Å². The summed E-state index contributed by atoms with van der Waals surface area (Å²) in [7, 11) is -3.55. The van der Waals surface area contributed by atoms with Gasteiger partial charge in [0.15, 0.2) is 0 Å². The second-order valence-electron chi connectivity index (χ2n) is 3.51. The van der Waals surface area contributed by atoms with Gasteiger partial charge in [-0.1, -0.05) is 12.1 Å². The third-order valence-corrected chi connectivity index (χ3v) is 3.39. The zero-order valence-electron chi connectivity index (χ0n) is 9.09. The smallest absolute Gasteiger partial charge is 0.303 e. The number of nitrogens with two attached hydrogens (primary N) is 1. The van der Waals surface area contributed by atoms with Crippen molar-refractivity contribution in [2.45, 2.75) is 12.8 Å². The SMILES string of the molecule is Nc1ccccc1NS(=O)(=O)CCCC(=O)O. The van der Waals surface area contributed by atoms with Gasteiger partial charge in [0, 0.05) is 6.42 Å². The Labute approximate surface area is 99.5 Å². The molecule has 0 aliphatic heterocycles. The number of anilines is 2. The summed E-state index contributed by atoms with van der Waals surface area (Å²) >= 11 is 0. The van der Waals surface area contributed by atoms with Crippen molar-refractivity contribution >= 4 is 27.4 Å². The van der Waals surface area contributed by atoms with E-state index < -0.39 is 16.0 Å². The van der Waals surface area contributed by atoms with Crippen molar-refractivity contribution in [2.75, 3.05) is 16.2 Å². The van der Waals surface area contributed by atoms with Gasteiger partial charge in [-0.2, -0.15) is 0 Å². The van der Waals surface area contributed by atoms with E-state index in [0.29, 0.717) is 11.4 Å². The van der Waals surface area contributed by atoms with E-state index in [2.05, 4.69) is 4.72 Å². The molecule has 0 unspecified atom stereocenters. The predicted molar refractivity (Wildman–Crippen MR) is 65.1 cm³/mol. The predicted octanol–water partition coefficient (Wildman–Crippen LogP) is 0.875. The van der Waals surface area contributed by atoms with Crippen molar-refractivity contribution < 1.29 is 18.3 Å². The molecule has 0 fully saturated rings. The number of carboxylic acid groups (broad SMARTS) is 1. The average molecular weight is 258 g/mol. The van der Waals surface area contributed by atoms with Crippen LogP contribution in [0.2, 0.25) is 0 Å².